The first-order valence-corrected chi connectivity index (χ1v) is 10.6. The molecule has 0 bridgehead atoms. The molecule has 1 aliphatic rings. The molecule has 0 aliphatic heterocycles. The highest BCUT2D eigenvalue weighted by Crippen LogP contribution is 2.27. The molecule has 0 spiro atoms. The Morgan fingerprint density at radius 1 is 0.931 bits per heavy atom. The Morgan fingerprint density at radius 2 is 1.62 bits per heavy atom. The molecule has 0 aromatic heterocycles. The molecule has 0 saturated carbocycles. The van der Waals surface area contributed by atoms with Crippen molar-refractivity contribution in [3.8, 4) is 5.75 Å². The Morgan fingerprint density at radius 3 is 2.38 bits per heavy atom. The summed E-state index contributed by atoms with van der Waals surface area (Å²) in [7, 11) is 0. The summed E-state index contributed by atoms with van der Waals surface area (Å²) in [4.78, 5) is 24.9. The van der Waals surface area contributed by atoms with Crippen molar-refractivity contribution >= 4 is 23.2 Å². The molecular weight excluding hydrogens is 364 g/mol. The largest absolute Gasteiger partial charge is 0.488 e. The maximum Gasteiger partial charge on any atom is 0.314 e. The minimum atomic E-state index is -0.705. The summed E-state index contributed by atoms with van der Waals surface area (Å²) in [5, 5.41) is 5.40. The molecule has 2 amide bonds. The third kappa shape index (κ3) is 5.59. The number of para-hydroxylation sites is 2. The van der Waals surface area contributed by atoms with Gasteiger partial charge in [0.1, 0.15) is 5.75 Å². The first kappa shape index (κ1) is 20.9. The lowest BCUT2D eigenvalue weighted by Crippen LogP contribution is -2.29. The number of carbonyl (C=O) groups excluding carboxylic acids is 2. The standard InChI is InChI=1S/C24H30N2O3/c1-3-8-20(9-4-2)29-22-13-6-5-12-21(22)26-24(28)23(27)25-19-15-14-17-10-7-11-18(17)16-19/h5-6,12-16,20H,3-4,7-11H2,1-2H3,(H,25,27)(H,26,28). The molecule has 2 aromatic rings. The monoisotopic (exact) mass is 394 g/mol. The van der Waals surface area contributed by atoms with Gasteiger partial charge in [0.2, 0.25) is 0 Å². The van der Waals surface area contributed by atoms with E-state index in [1.165, 1.54) is 11.1 Å². The third-order valence-electron chi connectivity index (χ3n) is 5.21. The van der Waals surface area contributed by atoms with E-state index in [1.807, 2.05) is 36.4 Å². The van der Waals surface area contributed by atoms with E-state index in [9.17, 15) is 9.59 Å². The molecule has 3 rings (SSSR count). The summed E-state index contributed by atoms with van der Waals surface area (Å²) >= 11 is 0. The van der Waals surface area contributed by atoms with Crippen LogP contribution in [0.25, 0.3) is 0 Å². The van der Waals surface area contributed by atoms with E-state index in [4.69, 9.17) is 4.74 Å². The second-order valence-electron chi connectivity index (χ2n) is 7.56. The van der Waals surface area contributed by atoms with E-state index in [1.54, 1.807) is 6.07 Å². The Labute approximate surface area is 172 Å². The van der Waals surface area contributed by atoms with E-state index in [-0.39, 0.29) is 6.10 Å². The fraction of sp³-hybridized carbons (Fsp3) is 0.417. The first-order valence-electron chi connectivity index (χ1n) is 10.6. The molecule has 2 N–H and O–H groups in total. The van der Waals surface area contributed by atoms with Crippen LogP contribution in [0.2, 0.25) is 0 Å². The maximum absolute atomic E-state index is 12.5. The Bertz CT molecular complexity index is 857. The van der Waals surface area contributed by atoms with E-state index in [2.05, 4.69) is 24.5 Å². The highest BCUT2D eigenvalue weighted by Gasteiger charge is 2.19. The van der Waals surface area contributed by atoms with Crippen LogP contribution in [0, 0.1) is 0 Å². The van der Waals surface area contributed by atoms with Gasteiger partial charge in [0, 0.05) is 5.69 Å². The highest BCUT2D eigenvalue weighted by molar-refractivity contribution is 6.43. The van der Waals surface area contributed by atoms with Crippen LogP contribution in [0.3, 0.4) is 0 Å². The van der Waals surface area contributed by atoms with Gasteiger partial charge in [-0.05, 0) is 67.5 Å². The number of ether oxygens (including phenoxy) is 1. The number of benzene rings is 2. The molecule has 0 atom stereocenters. The molecule has 0 fully saturated rings. The first-order chi connectivity index (χ1) is 14.1. The molecule has 5 nitrogen and oxygen atoms in total. The average molecular weight is 395 g/mol. The fourth-order valence-electron chi connectivity index (χ4n) is 3.77. The van der Waals surface area contributed by atoms with E-state index in [0.29, 0.717) is 17.1 Å². The van der Waals surface area contributed by atoms with Crippen molar-refractivity contribution < 1.29 is 14.3 Å². The summed E-state index contributed by atoms with van der Waals surface area (Å²) in [6, 6.07) is 13.1. The Balaban J connectivity index is 1.64. The fourth-order valence-corrected chi connectivity index (χ4v) is 3.77. The normalized spacial score (nSPS) is 12.5. The van der Waals surface area contributed by atoms with Crippen LogP contribution in [-0.4, -0.2) is 17.9 Å². The molecule has 29 heavy (non-hydrogen) atoms. The second kappa shape index (κ2) is 10.1. The predicted octanol–water partition coefficient (Wildman–Crippen LogP) is 5.10. The van der Waals surface area contributed by atoms with Crippen LogP contribution < -0.4 is 15.4 Å². The number of anilines is 2. The van der Waals surface area contributed by atoms with Crippen LogP contribution >= 0.6 is 0 Å². The van der Waals surface area contributed by atoms with Crippen LogP contribution in [-0.2, 0) is 22.4 Å². The lowest BCUT2D eigenvalue weighted by molar-refractivity contribution is -0.133. The SMILES string of the molecule is CCCC(CCC)Oc1ccccc1NC(=O)C(=O)Nc1ccc2c(c1)CCC2. The van der Waals surface area contributed by atoms with Gasteiger partial charge in [0.05, 0.1) is 11.8 Å². The number of hydrogen-bond donors (Lipinski definition) is 2. The van der Waals surface area contributed by atoms with Gasteiger partial charge < -0.3 is 15.4 Å². The van der Waals surface area contributed by atoms with Crippen molar-refractivity contribution in [3.05, 3.63) is 53.6 Å². The van der Waals surface area contributed by atoms with Crippen LogP contribution in [0.1, 0.15) is 57.1 Å². The van der Waals surface area contributed by atoms with Gasteiger partial charge in [-0.1, -0.05) is 44.9 Å². The van der Waals surface area contributed by atoms with Crippen molar-refractivity contribution in [2.75, 3.05) is 10.6 Å². The highest BCUT2D eigenvalue weighted by atomic mass is 16.5. The van der Waals surface area contributed by atoms with Crippen LogP contribution in [0.4, 0.5) is 11.4 Å². The van der Waals surface area contributed by atoms with Crippen molar-refractivity contribution in [2.24, 2.45) is 0 Å². The van der Waals surface area contributed by atoms with Gasteiger partial charge in [-0.2, -0.15) is 0 Å². The van der Waals surface area contributed by atoms with Crippen molar-refractivity contribution in [1.29, 1.82) is 0 Å². The molecule has 0 heterocycles. The van der Waals surface area contributed by atoms with Gasteiger partial charge >= 0.3 is 11.8 Å². The average Bonchev–Trinajstić information content (AvgIpc) is 3.17. The zero-order chi connectivity index (χ0) is 20.6. The minimum Gasteiger partial charge on any atom is -0.488 e. The molecule has 154 valence electrons. The summed E-state index contributed by atoms with van der Waals surface area (Å²) < 4.78 is 6.13. The third-order valence-corrected chi connectivity index (χ3v) is 5.21. The van der Waals surface area contributed by atoms with Crippen LogP contribution in [0.5, 0.6) is 5.75 Å². The summed E-state index contributed by atoms with van der Waals surface area (Å²) in [5.41, 5.74) is 3.74. The lowest BCUT2D eigenvalue weighted by atomic mass is 10.1. The zero-order valence-electron chi connectivity index (χ0n) is 17.3. The summed E-state index contributed by atoms with van der Waals surface area (Å²) in [6.07, 6.45) is 7.31. The van der Waals surface area contributed by atoms with Crippen molar-refractivity contribution in [1.82, 2.24) is 0 Å². The molecule has 0 unspecified atom stereocenters. The quantitative estimate of drug-likeness (QED) is 0.612. The van der Waals surface area contributed by atoms with Gasteiger partial charge in [-0.25, -0.2) is 0 Å². The molecule has 0 saturated heterocycles. The number of amides is 2. The maximum atomic E-state index is 12.5. The number of carbonyl (C=O) groups is 2. The number of hydrogen-bond acceptors (Lipinski definition) is 3. The van der Waals surface area contributed by atoms with Gasteiger partial charge in [-0.3, -0.25) is 9.59 Å². The van der Waals surface area contributed by atoms with Crippen molar-refractivity contribution in [3.63, 3.8) is 0 Å². The van der Waals surface area contributed by atoms with E-state index < -0.39 is 11.8 Å². The summed E-state index contributed by atoms with van der Waals surface area (Å²) in [5.74, 6) is -0.793. The number of fused-ring (bicyclic) bond motifs is 1. The predicted molar refractivity (Wildman–Crippen MR) is 116 cm³/mol. The minimum absolute atomic E-state index is 0.100. The number of aryl methyl sites for hydroxylation is 2. The number of nitrogens with one attached hydrogen (secondary N) is 2. The van der Waals surface area contributed by atoms with Gasteiger partial charge in [-0.15, -0.1) is 0 Å². The van der Waals surface area contributed by atoms with E-state index >= 15 is 0 Å². The molecular formula is C24H30N2O3. The Kier molecular flexibility index (Phi) is 7.28. The molecule has 0 radical (unpaired) electrons. The topological polar surface area (TPSA) is 67.4 Å². The van der Waals surface area contributed by atoms with Crippen LogP contribution in [0.15, 0.2) is 42.5 Å². The Hall–Kier alpha value is -2.82. The van der Waals surface area contributed by atoms with Gasteiger partial charge in [0.15, 0.2) is 0 Å². The second-order valence-corrected chi connectivity index (χ2v) is 7.56. The van der Waals surface area contributed by atoms with Crippen molar-refractivity contribution in [2.45, 2.75) is 64.9 Å². The smallest absolute Gasteiger partial charge is 0.314 e. The molecule has 1 aliphatic carbocycles. The zero-order valence-corrected chi connectivity index (χ0v) is 17.3. The lowest BCUT2D eigenvalue weighted by Gasteiger charge is -2.20. The summed E-state index contributed by atoms with van der Waals surface area (Å²) in [6.45, 7) is 4.26. The molecule has 5 heteroatoms. The van der Waals surface area contributed by atoms with Gasteiger partial charge in [0.25, 0.3) is 0 Å². The number of rotatable bonds is 8. The van der Waals surface area contributed by atoms with E-state index in [0.717, 1.165) is 44.9 Å². The molecule has 2 aromatic carbocycles.